The van der Waals surface area contributed by atoms with Gasteiger partial charge in [0.1, 0.15) is 11.5 Å². The molecule has 2 aliphatic rings. The Kier molecular flexibility index (Phi) is 6.46. The van der Waals surface area contributed by atoms with Crippen molar-refractivity contribution >= 4 is 40.4 Å². The minimum absolute atomic E-state index is 0.00984. The number of benzene rings is 3. The second-order valence-electron chi connectivity index (χ2n) is 9.14. The molecule has 184 valence electrons. The molecule has 36 heavy (non-hydrogen) atoms. The number of aliphatic hydroxyl groups is 1. The SMILES string of the molecule is COc1ccc(Cl)c(/C(O)=C2\C(=O)C(=O)N(c3ccc(N4CCCC4)cc3)C2c2cccc(C)c2)c1. The summed E-state index contributed by atoms with van der Waals surface area (Å²) in [4.78, 5) is 30.6. The number of amides is 1. The summed E-state index contributed by atoms with van der Waals surface area (Å²) in [6.07, 6.45) is 2.33. The van der Waals surface area contributed by atoms with Crippen molar-refractivity contribution in [2.75, 3.05) is 30.0 Å². The smallest absolute Gasteiger partial charge is 0.300 e. The third kappa shape index (κ3) is 4.22. The number of hydrogen-bond donors (Lipinski definition) is 1. The Hall–Kier alpha value is -3.77. The van der Waals surface area contributed by atoms with Crippen LogP contribution in [0.25, 0.3) is 5.76 Å². The van der Waals surface area contributed by atoms with Crippen LogP contribution in [0.2, 0.25) is 5.02 Å². The summed E-state index contributed by atoms with van der Waals surface area (Å²) in [7, 11) is 1.50. The molecule has 6 nitrogen and oxygen atoms in total. The fourth-order valence-corrected chi connectivity index (χ4v) is 5.22. The molecule has 0 spiro atoms. The molecule has 0 aromatic heterocycles. The van der Waals surface area contributed by atoms with E-state index >= 15 is 0 Å². The van der Waals surface area contributed by atoms with E-state index in [1.807, 2.05) is 55.5 Å². The second-order valence-corrected chi connectivity index (χ2v) is 9.55. The number of ether oxygens (including phenoxy) is 1. The van der Waals surface area contributed by atoms with Gasteiger partial charge in [-0.05, 0) is 67.8 Å². The van der Waals surface area contributed by atoms with Crippen molar-refractivity contribution in [1.82, 2.24) is 0 Å². The van der Waals surface area contributed by atoms with Gasteiger partial charge in [0.2, 0.25) is 0 Å². The van der Waals surface area contributed by atoms with Gasteiger partial charge in [-0.15, -0.1) is 0 Å². The Morgan fingerprint density at radius 1 is 0.972 bits per heavy atom. The summed E-state index contributed by atoms with van der Waals surface area (Å²) in [5.74, 6) is -1.32. The topological polar surface area (TPSA) is 70.1 Å². The van der Waals surface area contributed by atoms with Gasteiger partial charge in [0.15, 0.2) is 0 Å². The molecule has 1 amide bonds. The van der Waals surface area contributed by atoms with Gasteiger partial charge >= 0.3 is 0 Å². The minimum Gasteiger partial charge on any atom is -0.507 e. The first kappa shape index (κ1) is 23.9. The summed E-state index contributed by atoms with van der Waals surface area (Å²) in [5, 5.41) is 11.6. The molecule has 1 unspecified atom stereocenters. The van der Waals surface area contributed by atoms with Crippen LogP contribution in [0.4, 0.5) is 11.4 Å². The number of rotatable bonds is 5. The van der Waals surface area contributed by atoms with E-state index in [2.05, 4.69) is 4.90 Å². The lowest BCUT2D eigenvalue weighted by Crippen LogP contribution is -2.29. The number of aryl methyl sites for hydroxylation is 1. The van der Waals surface area contributed by atoms with Crippen molar-refractivity contribution in [1.29, 1.82) is 0 Å². The Labute approximate surface area is 215 Å². The fraction of sp³-hybridized carbons (Fsp3) is 0.241. The van der Waals surface area contributed by atoms with Crippen molar-refractivity contribution < 1.29 is 19.4 Å². The van der Waals surface area contributed by atoms with Crippen LogP contribution < -0.4 is 14.5 Å². The van der Waals surface area contributed by atoms with E-state index in [1.165, 1.54) is 12.0 Å². The lowest BCUT2D eigenvalue weighted by atomic mass is 9.94. The standard InChI is InChI=1S/C29H27ClN2O4/c1-18-6-5-7-19(16-18)26-25(27(33)23-17-22(36-2)12-13-24(23)30)28(34)29(35)32(26)21-10-8-20(9-11-21)31-14-3-4-15-31/h5-13,16-17,26,33H,3-4,14-15H2,1-2H3/b27-25+. The average molecular weight is 503 g/mol. The van der Waals surface area contributed by atoms with E-state index in [4.69, 9.17) is 16.3 Å². The highest BCUT2D eigenvalue weighted by atomic mass is 35.5. The highest BCUT2D eigenvalue weighted by Crippen LogP contribution is 2.43. The van der Waals surface area contributed by atoms with Crippen molar-refractivity contribution in [2.45, 2.75) is 25.8 Å². The lowest BCUT2D eigenvalue weighted by molar-refractivity contribution is -0.132. The first-order valence-corrected chi connectivity index (χ1v) is 12.3. The molecule has 3 aromatic rings. The molecule has 3 aromatic carbocycles. The molecular weight excluding hydrogens is 476 g/mol. The van der Waals surface area contributed by atoms with Crippen LogP contribution in [0.5, 0.6) is 5.75 Å². The number of nitrogens with zero attached hydrogens (tertiary/aromatic N) is 2. The number of halogens is 1. The Balaban J connectivity index is 1.66. The zero-order valence-corrected chi connectivity index (χ0v) is 21.0. The number of anilines is 2. The summed E-state index contributed by atoms with van der Waals surface area (Å²) < 4.78 is 5.28. The van der Waals surface area contributed by atoms with Crippen molar-refractivity contribution in [2.24, 2.45) is 0 Å². The maximum Gasteiger partial charge on any atom is 0.300 e. The molecule has 7 heteroatoms. The largest absolute Gasteiger partial charge is 0.507 e. The molecule has 1 N–H and O–H groups in total. The third-order valence-electron chi connectivity index (χ3n) is 6.83. The number of aliphatic hydroxyl groups excluding tert-OH is 1. The number of carbonyl (C=O) groups excluding carboxylic acids is 2. The molecule has 2 saturated heterocycles. The van der Waals surface area contributed by atoms with Gasteiger partial charge in [0.25, 0.3) is 11.7 Å². The summed E-state index contributed by atoms with van der Waals surface area (Å²) in [6.45, 7) is 3.96. The zero-order chi connectivity index (χ0) is 25.4. The van der Waals surface area contributed by atoms with Crippen LogP contribution >= 0.6 is 11.6 Å². The predicted molar refractivity (Wildman–Crippen MR) is 142 cm³/mol. The van der Waals surface area contributed by atoms with Crippen LogP contribution in [0.3, 0.4) is 0 Å². The highest BCUT2D eigenvalue weighted by molar-refractivity contribution is 6.52. The monoisotopic (exact) mass is 502 g/mol. The van der Waals surface area contributed by atoms with E-state index in [9.17, 15) is 14.7 Å². The number of hydrogen-bond acceptors (Lipinski definition) is 5. The van der Waals surface area contributed by atoms with Gasteiger partial charge in [-0.2, -0.15) is 0 Å². The van der Waals surface area contributed by atoms with Gasteiger partial charge in [-0.25, -0.2) is 0 Å². The molecule has 0 bridgehead atoms. The van der Waals surface area contributed by atoms with Crippen molar-refractivity contribution in [3.05, 3.63) is 94.0 Å². The molecule has 0 saturated carbocycles. The Bertz CT molecular complexity index is 1360. The van der Waals surface area contributed by atoms with E-state index in [0.29, 0.717) is 11.4 Å². The minimum atomic E-state index is -0.815. The van der Waals surface area contributed by atoms with Gasteiger partial charge in [0.05, 0.1) is 23.7 Å². The van der Waals surface area contributed by atoms with E-state index in [1.54, 1.807) is 18.2 Å². The second kappa shape index (κ2) is 9.70. The zero-order valence-electron chi connectivity index (χ0n) is 20.2. The van der Waals surface area contributed by atoms with Crippen LogP contribution in [0.15, 0.2) is 72.3 Å². The van der Waals surface area contributed by atoms with E-state index in [0.717, 1.165) is 42.7 Å². The first-order chi connectivity index (χ1) is 17.4. The summed E-state index contributed by atoms with van der Waals surface area (Å²) >= 11 is 6.40. The molecule has 2 aliphatic heterocycles. The van der Waals surface area contributed by atoms with Crippen molar-refractivity contribution in [3.8, 4) is 5.75 Å². The number of methoxy groups -OCH3 is 1. The fourth-order valence-electron chi connectivity index (χ4n) is 5.01. The van der Waals surface area contributed by atoms with E-state index in [-0.39, 0.29) is 21.9 Å². The molecule has 5 rings (SSSR count). The quantitative estimate of drug-likeness (QED) is 0.268. The van der Waals surface area contributed by atoms with Crippen LogP contribution in [-0.4, -0.2) is 37.0 Å². The van der Waals surface area contributed by atoms with Crippen LogP contribution in [0.1, 0.15) is 35.6 Å². The molecule has 0 radical (unpaired) electrons. The lowest BCUT2D eigenvalue weighted by Gasteiger charge is -2.26. The summed E-state index contributed by atoms with van der Waals surface area (Å²) in [6, 6.07) is 19.3. The molecule has 0 aliphatic carbocycles. The first-order valence-electron chi connectivity index (χ1n) is 12.0. The molecular formula is C29H27ClN2O4. The number of ketones is 1. The normalized spacial score (nSPS) is 19.2. The highest BCUT2D eigenvalue weighted by Gasteiger charge is 2.47. The average Bonchev–Trinajstić information content (AvgIpc) is 3.51. The van der Waals surface area contributed by atoms with Crippen molar-refractivity contribution in [3.63, 3.8) is 0 Å². The number of carbonyl (C=O) groups is 2. The number of Topliss-reactive ketones (excluding diaryl/α,β-unsaturated/α-hetero) is 1. The maximum atomic E-state index is 13.4. The van der Waals surface area contributed by atoms with Crippen LogP contribution in [0, 0.1) is 6.92 Å². The molecule has 1 atom stereocenters. The van der Waals surface area contributed by atoms with Crippen LogP contribution in [-0.2, 0) is 9.59 Å². The molecule has 2 fully saturated rings. The van der Waals surface area contributed by atoms with Gasteiger partial charge in [-0.3, -0.25) is 14.5 Å². The maximum absolute atomic E-state index is 13.4. The molecule has 2 heterocycles. The van der Waals surface area contributed by atoms with Gasteiger partial charge < -0.3 is 14.7 Å². The van der Waals surface area contributed by atoms with E-state index < -0.39 is 17.7 Å². The Morgan fingerprint density at radius 2 is 1.67 bits per heavy atom. The Morgan fingerprint density at radius 3 is 2.33 bits per heavy atom. The third-order valence-corrected chi connectivity index (χ3v) is 7.16. The van der Waals surface area contributed by atoms with Gasteiger partial charge in [0, 0.05) is 30.0 Å². The summed E-state index contributed by atoms with van der Waals surface area (Å²) in [5.41, 5.74) is 3.59. The van der Waals surface area contributed by atoms with Gasteiger partial charge in [-0.1, -0.05) is 41.4 Å². The predicted octanol–water partition coefficient (Wildman–Crippen LogP) is 5.88.